The predicted molar refractivity (Wildman–Crippen MR) is 68.6 cm³/mol. The summed E-state index contributed by atoms with van der Waals surface area (Å²) in [6, 6.07) is -0.148. The third-order valence-corrected chi connectivity index (χ3v) is 2.14. The first kappa shape index (κ1) is 13.8. The summed E-state index contributed by atoms with van der Waals surface area (Å²) in [7, 11) is 4.84. The average Bonchev–Trinajstić information content (AvgIpc) is 2.35. The highest BCUT2D eigenvalue weighted by atomic mass is 16.5. The highest BCUT2D eigenvalue weighted by Gasteiger charge is 2.07. The molecule has 2 amide bonds. The zero-order chi connectivity index (χ0) is 13.5. The maximum Gasteiger partial charge on any atom is 0.316 e. The number of amides is 2. The normalized spacial score (nSPS) is 9.72. The van der Waals surface area contributed by atoms with Crippen LogP contribution in [0, 0.1) is 0 Å². The van der Waals surface area contributed by atoms with Crippen LogP contribution in [-0.2, 0) is 0 Å². The summed E-state index contributed by atoms with van der Waals surface area (Å²) in [6.45, 7) is 0.965. The third-order valence-electron chi connectivity index (χ3n) is 2.14. The van der Waals surface area contributed by atoms with Gasteiger partial charge < -0.3 is 26.0 Å². The number of methoxy groups -OCH3 is 1. The molecule has 1 rings (SSSR count). The second-order valence-electron chi connectivity index (χ2n) is 3.70. The van der Waals surface area contributed by atoms with E-state index in [0.29, 0.717) is 30.5 Å². The Morgan fingerprint density at radius 2 is 2.17 bits per heavy atom. The summed E-state index contributed by atoms with van der Waals surface area (Å²) in [6.07, 6.45) is 1.36. The largest absolute Gasteiger partial charge is 0.479 e. The topological polar surface area (TPSA) is 105 Å². The van der Waals surface area contributed by atoms with E-state index in [2.05, 4.69) is 20.6 Å². The van der Waals surface area contributed by atoms with Crippen LogP contribution in [0.1, 0.15) is 0 Å². The fourth-order valence-corrected chi connectivity index (χ4v) is 1.19. The van der Waals surface area contributed by atoms with Crippen LogP contribution in [0.3, 0.4) is 0 Å². The van der Waals surface area contributed by atoms with E-state index in [1.807, 2.05) is 0 Å². The number of ether oxygens (including phenoxy) is 1. The van der Waals surface area contributed by atoms with E-state index in [9.17, 15) is 4.79 Å². The fraction of sp³-hybridized carbons (Fsp3) is 0.500. The Labute approximate surface area is 106 Å². The lowest BCUT2D eigenvalue weighted by Gasteiger charge is -2.13. The summed E-state index contributed by atoms with van der Waals surface area (Å²) in [5.41, 5.74) is 6.12. The molecule has 0 bridgehead atoms. The quantitative estimate of drug-likeness (QED) is 0.626. The predicted octanol–water partition coefficient (Wildman–Crippen LogP) is -0.249. The van der Waals surface area contributed by atoms with E-state index in [0.717, 1.165) is 0 Å². The monoisotopic (exact) mass is 254 g/mol. The minimum Gasteiger partial charge on any atom is -0.479 e. The fourth-order valence-electron chi connectivity index (χ4n) is 1.19. The molecule has 4 N–H and O–H groups in total. The first-order valence-corrected chi connectivity index (χ1v) is 5.39. The average molecular weight is 254 g/mol. The number of aromatic nitrogens is 2. The summed E-state index contributed by atoms with van der Waals surface area (Å²) in [5.74, 6) is 0.811. The summed E-state index contributed by atoms with van der Waals surface area (Å²) >= 11 is 0. The lowest BCUT2D eigenvalue weighted by atomic mass is 10.4. The van der Waals surface area contributed by atoms with Gasteiger partial charge in [0.2, 0.25) is 5.88 Å². The standard InChI is InChI=1S/C10H18N6O2/c1-16(2)10(17)13-5-4-12-8-7(11)9(18-3)15-6-14-8/h6H,4-5,11H2,1-3H3,(H,13,17)(H,12,14,15). The molecule has 1 heterocycles. The molecule has 0 atom stereocenters. The van der Waals surface area contributed by atoms with Crippen LogP contribution >= 0.6 is 0 Å². The van der Waals surface area contributed by atoms with Gasteiger partial charge in [-0.05, 0) is 0 Å². The van der Waals surface area contributed by atoms with Gasteiger partial charge in [0, 0.05) is 27.2 Å². The van der Waals surface area contributed by atoms with Crippen molar-refractivity contribution in [3.8, 4) is 5.88 Å². The minimum atomic E-state index is -0.148. The Morgan fingerprint density at radius 1 is 1.44 bits per heavy atom. The second-order valence-corrected chi connectivity index (χ2v) is 3.70. The second kappa shape index (κ2) is 6.48. The molecule has 0 aliphatic heterocycles. The van der Waals surface area contributed by atoms with Crippen LogP contribution in [0.5, 0.6) is 5.88 Å². The summed E-state index contributed by atoms with van der Waals surface area (Å²) in [4.78, 5) is 20.5. The van der Waals surface area contributed by atoms with Crippen molar-refractivity contribution in [1.29, 1.82) is 0 Å². The van der Waals surface area contributed by atoms with Crippen LogP contribution < -0.4 is 21.1 Å². The van der Waals surface area contributed by atoms with Gasteiger partial charge in [-0.3, -0.25) is 0 Å². The van der Waals surface area contributed by atoms with Crippen molar-refractivity contribution >= 4 is 17.5 Å². The Balaban J connectivity index is 2.42. The molecule has 0 aromatic carbocycles. The molecule has 1 aromatic rings. The molecular weight excluding hydrogens is 236 g/mol. The third kappa shape index (κ3) is 3.65. The van der Waals surface area contributed by atoms with Crippen molar-refractivity contribution in [3.05, 3.63) is 6.33 Å². The Kier molecular flexibility index (Phi) is 4.97. The number of nitrogens with two attached hydrogens (primary N) is 1. The lowest BCUT2D eigenvalue weighted by molar-refractivity contribution is 0.218. The van der Waals surface area contributed by atoms with Gasteiger partial charge in [0.15, 0.2) is 5.82 Å². The van der Waals surface area contributed by atoms with Crippen LogP contribution in [0.4, 0.5) is 16.3 Å². The number of rotatable bonds is 5. The summed E-state index contributed by atoms with van der Waals surface area (Å²) < 4.78 is 4.97. The van der Waals surface area contributed by atoms with E-state index < -0.39 is 0 Å². The van der Waals surface area contributed by atoms with E-state index in [-0.39, 0.29) is 6.03 Å². The van der Waals surface area contributed by atoms with Crippen LogP contribution in [0.15, 0.2) is 6.33 Å². The number of hydrogen-bond acceptors (Lipinski definition) is 6. The van der Waals surface area contributed by atoms with Crippen molar-refractivity contribution < 1.29 is 9.53 Å². The van der Waals surface area contributed by atoms with E-state index in [1.165, 1.54) is 18.3 Å². The molecule has 18 heavy (non-hydrogen) atoms. The number of urea groups is 1. The number of nitrogens with zero attached hydrogens (tertiary/aromatic N) is 3. The molecule has 0 radical (unpaired) electrons. The Hall–Kier alpha value is -2.25. The van der Waals surface area contributed by atoms with E-state index >= 15 is 0 Å². The van der Waals surface area contributed by atoms with E-state index in [1.54, 1.807) is 14.1 Å². The number of carbonyl (C=O) groups excluding carboxylic acids is 1. The van der Waals surface area contributed by atoms with Gasteiger partial charge in [0.1, 0.15) is 12.0 Å². The Morgan fingerprint density at radius 3 is 2.78 bits per heavy atom. The number of anilines is 2. The number of hydrogen-bond donors (Lipinski definition) is 3. The molecule has 8 nitrogen and oxygen atoms in total. The molecular formula is C10H18N6O2. The maximum atomic E-state index is 11.2. The van der Waals surface area contributed by atoms with Gasteiger partial charge >= 0.3 is 6.03 Å². The van der Waals surface area contributed by atoms with Gasteiger partial charge in [-0.2, -0.15) is 4.98 Å². The van der Waals surface area contributed by atoms with Crippen molar-refractivity contribution in [2.75, 3.05) is 45.3 Å². The van der Waals surface area contributed by atoms with E-state index in [4.69, 9.17) is 10.5 Å². The molecule has 100 valence electrons. The van der Waals surface area contributed by atoms with Gasteiger partial charge in [-0.1, -0.05) is 0 Å². The zero-order valence-corrected chi connectivity index (χ0v) is 10.7. The minimum absolute atomic E-state index is 0.148. The molecule has 0 unspecified atom stereocenters. The number of carbonyl (C=O) groups is 1. The molecule has 0 fully saturated rings. The molecule has 1 aromatic heterocycles. The van der Waals surface area contributed by atoms with Crippen LogP contribution in [-0.4, -0.2) is 55.2 Å². The SMILES string of the molecule is COc1ncnc(NCCNC(=O)N(C)C)c1N. The van der Waals surface area contributed by atoms with Gasteiger partial charge in [-0.15, -0.1) is 0 Å². The molecule has 0 spiro atoms. The maximum absolute atomic E-state index is 11.2. The molecule has 8 heteroatoms. The molecule has 0 saturated heterocycles. The molecule has 0 aliphatic carbocycles. The van der Waals surface area contributed by atoms with Gasteiger partial charge in [0.05, 0.1) is 7.11 Å². The van der Waals surface area contributed by atoms with Crippen LogP contribution in [0.2, 0.25) is 0 Å². The Bertz CT molecular complexity index is 409. The number of nitrogen functional groups attached to an aromatic ring is 1. The van der Waals surface area contributed by atoms with Crippen molar-refractivity contribution in [3.63, 3.8) is 0 Å². The first-order chi connectivity index (χ1) is 8.56. The highest BCUT2D eigenvalue weighted by molar-refractivity contribution is 5.73. The smallest absolute Gasteiger partial charge is 0.316 e. The summed E-state index contributed by atoms with van der Waals surface area (Å²) in [5, 5.41) is 5.70. The first-order valence-electron chi connectivity index (χ1n) is 5.39. The van der Waals surface area contributed by atoms with Crippen molar-refractivity contribution in [1.82, 2.24) is 20.2 Å². The van der Waals surface area contributed by atoms with Gasteiger partial charge in [0.25, 0.3) is 0 Å². The highest BCUT2D eigenvalue weighted by Crippen LogP contribution is 2.23. The van der Waals surface area contributed by atoms with Crippen molar-refractivity contribution in [2.24, 2.45) is 0 Å². The number of nitrogens with one attached hydrogen (secondary N) is 2. The zero-order valence-electron chi connectivity index (χ0n) is 10.7. The van der Waals surface area contributed by atoms with Crippen molar-refractivity contribution in [2.45, 2.75) is 0 Å². The van der Waals surface area contributed by atoms with Gasteiger partial charge in [-0.25, -0.2) is 9.78 Å². The van der Waals surface area contributed by atoms with Crippen LogP contribution in [0.25, 0.3) is 0 Å². The molecule has 0 saturated carbocycles. The lowest BCUT2D eigenvalue weighted by Crippen LogP contribution is -2.37. The molecule has 0 aliphatic rings.